The van der Waals surface area contributed by atoms with Gasteiger partial charge >= 0.3 is 0 Å². The van der Waals surface area contributed by atoms with Crippen molar-refractivity contribution in [2.45, 2.75) is 39.7 Å². The highest BCUT2D eigenvalue weighted by atomic mass is 35.5. The molecule has 0 saturated carbocycles. The van der Waals surface area contributed by atoms with Crippen LogP contribution in [0.1, 0.15) is 44.0 Å². The van der Waals surface area contributed by atoms with Crippen molar-refractivity contribution >= 4 is 29.3 Å². The molecule has 3 amide bonds. The van der Waals surface area contributed by atoms with Crippen LogP contribution in [0, 0.1) is 5.92 Å². The third-order valence-corrected chi connectivity index (χ3v) is 4.14. The van der Waals surface area contributed by atoms with Gasteiger partial charge in [-0.2, -0.15) is 0 Å². The van der Waals surface area contributed by atoms with Crippen LogP contribution in [0.4, 0.5) is 0 Å². The summed E-state index contributed by atoms with van der Waals surface area (Å²) in [6.45, 7) is 6.22. The molecule has 0 aliphatic carbocycles. The van der Waals surface area contributed by atoms with Crippen LogP contribution in [0.15, 0.2) is 24.3 Å². The lowest BCUT2D eigenvalue weighted by molar-refractivity contribution is -0.127. The van der Waals surface area contributed by atoms with Crippen molar-refractivity contribution in [1.82, 2.24) is 16.0 Å². The minimum absolute atomic E-state index is 0.0741. The molecule has 3 N–H and O–H groups in total. The topological polar surface area (TPSA) is 87.3 Å². The van der Waals surface area contributed by atoms with Gasteiger partial charge in [0.2, 0.25) is 11.8 Å². The molecule has 1 aromatic rings. The van der Waals surface area contributed by atoms with Crippen molar-refractivity contribution < 1.29 is 14.4 Å². The fourth-order valence-corrected chi connectivity index (χ4v) is 2.26. The average molecular weight is 368 g/mol. The second-order valence-corrected chi connectivity index (χ2v) is 6.35. The van der Waals surface area contributed by atoms with Gasteiger partial charge in [-0.25, -0.2) is 0 Å². The van der Waals surface area contributed by atoms with Crippen LogP contribution in [0.3, 0.4) is 0 Å². The number of hydrogen-bond acceptors (Lipinski definition) is 3. The molecule has 7 heteroatoms. The summed E-state index contributed by atoms with van der Waals surface area (Å²) in [5.41, 5.74) is 0.422. The SMILES string of the molecule is CCCNC(=O)CNC(=O)[C@@H](NC(=O)c1ccc(Cl)cc1)[C@H](C)CC. The molecule has 138 valence electrons. The number of hydrogen-bond donors (Lipinski definition) is 3. The van der Waals surface area contributed by atoms with Gasteiger partial charge < -0.3 is 16.0 Å². The van der Waals surface area contributed by atoms with Crippen LogP contribution in [0.25, 0.3) is 0 Å². The average Bonchev–Trinajstić information content (AvgIpc) is 2.62. The van der Waals surface area contributed by atoms with E-state index in [2.05, 4.69) is 16.0 Å². The number of carbonyl (C=O) groups is 3. The zero-order valence-electron chi connectivity index (χ0n) is 14.9. The number of carbonyl (C=O) groups excluding carboxylic acids is 3. The number of nitrogens with one attached hydrogen (secondary N) is 3. The number of rotatable bonds is 9. The normalized spacial score (nSPS) is 12.8. The van der Waals surface area contributed by atoms with Crippen LogP contribution in [0.2, 0.25) is 5.02 Å². The van der Waals surface area contributed by atoms with Crippen molar-refractivity contribution in [3.05, 3.63) is 34.9 Å². The van der Waals surface area contributed by atoms with E-state index in [1.54, 1.807) is 24.3 Å². The molecule has 0 aromatic heterocycles. The first-order valence-corrected chi connectivity index (χ1v) is 8.87. The third kappa shape index (κ3) is 7.13. The second kappa shape index (κ2) is 10.7. The summed E-state index contributed by atoms with van der Waals surface area (Å²) in [7, 11) is 0. The molecule has 0 aliphatic rings. The van der Waals surface area contributed by atoms with Crippen LogP contribution < -0.4 is 16.0 Å². The van der Waals surface area contributed by atoms with Crippen molar-refractivity contribution in [2.75, 3.05) is 13.1 Å². The van der Waals surface area contributed by atoms with Gasteiger partial charge in [0.1, 0.15) is 6.04 Å². The molecule has 25 heavy (non-hydrogen) atoms. The van der Waals surface area contributed by atoms with Crippen LogP contribution >= 0.6 is 11.6 Å². The smallest absolute Gasteiger partial charge is 0.251 e. The lowest BCUT2D eigenvalue weighted by atomic mass is 9.98. The standard InChI is InChI=1S/C18H26ClN3O3/c1-4-10-20-15(23)11-21-18(25)16(12(3)5-2)22-17(24)13-6-8-14(19)9-7-13/h6-9,12,16H,4-5,10-11H2,1-3H3,(H,20,23)(H,21,25)(H,22,24)/t12-,16+/m1/s1. The lowest BCUT2D eigenvalue weighted by Gasteiger charge is -2.23. The Hall–Kier alpha value is -2.08. The Labute approximate surface area is 153 Å². The van der Waals surface area contributed by atoms with E-state index >= 15 is 0 Å². The Morgan fingerprint density at radius 3 is 2.28 bits per heavy atom. The first-order valence-electron chi connectivity index (χ1n) is 8.49. The summed E-state index contributed by atoms with van der Waals surface area (Å²) in [4.78, 5) is 36.4. The molecule has 0 saturated heterocycles. The van der Waals surface area contributed by atoms with Crippen LogP contribution in [-0.2, 0) is 9.59 Å². The van der Waals surface area contributed by atoms with Crippen molar-refractivity contribution in [1.29, 1.82) is 0 Å². The van der Waals surface area contributed by atoms with Crippen molar-refractivity contribution in [2.24, 2.45) is 5.92 Å². The van der Waals surface area contributed by atoms with E-state index in [4.69, 9.17) is 11.6 Å². The van der Waals surface area contributed by atoms with Gasteiger partial charge in [-0.1, -0.05) is 38.8 Å². The summed E-state index contributed by atoms with van der Waals surface area (Å²) >= 11 is 5.82. The maximum Gasteiger partial charge on any atom is 0.251 e. The highest BCUT2D eigenvalue weighted by Crippen LogP contribution is 2.12. The number of benzene rings is 1. The minimum Gasteiger partial charge on any atom is -0.355 e. The minimum atomic E-state index is -0.716. The predicted molar refractivity (Wildman–Crippen MR) is 98.5 cm³/mol. The van der Waals surface area contributed by atoms with Crippen LogP contribution in [0.5, 0.6) is 0 Å². The maximum atomic E-state index is 12.4. The van der Waals surface area contributed by atoms with Gasteiger partial charge in [-0.05, 0) is 36.6 Å². The fraction of sp³-hybridized carbons (Fsp3) is 0.500. The Kier molecular flexibility index (Phi) is 8.99. The Morgan fingerprint density at radius 1 is 1.08 bits per heavy atom. The molecular weight excluding hydrogens is 342 g/mol. The zero-order valence-corrected chi connectivity index (χ0v) is 15.7. The highest BCUT2D eigenvalue weighted by Gasteiger charge is 2.26. The van der Waals surface area contributed by atoms with Gasteiger partial charge in [0, 0.05) is 17.1 Å². The second-order valence-electron chi connectivity index (χ2n) is 5.91. The molecule has 0 fully saturated rings. The quantitative estimate of drug-likeness (QED) is 0.624. The zero-order chi connectivity index (χ0) is 18.8. The summed E-state index contributed by atoms with van der Waals surface area (Å²) < 4.78 is 0. The largest absolute Gasteiger partial charge is 0.355 e. The molecule has 0 heterocycles. The van der Waals surface area contributed by atoms with E-state index in [-0.39, 0.29) is 30.2 Å². The van der Waals surface area contributed by atoms with Gasteiger partial charge in [0.15, 0.2) is 0 Å². The molecule has 1 rings (SSSR count). The molecule has 0 spiro atoms. The van der Waals surface area contributed by atoms with E-state index in [0.29, 0.717) is 23.6 Å². The molecule has 0 aliphatic heterocycles. The molecule has 0 bridgehead atoms. The molecular formula is C18H26ClN3O3. The maximum absolute atomic E-state index is 12.4. The van der Waals surface area contributed by atoms with Crippen molar-refractivity contribution in [3.63, 3.8) is 0 Å². The van der Waals surface area contributed by atoms with Gasteiger partial charge in [-0.3, -0.25) is 14.4 Å². The lowest BCUT2D eigenvalue weighted by Crippen LogP contribution is -2.51. The van der Waals surface area contributed by atoms with Gasteiger partial charge in [-0.15, -0.1) is 0 Å². The number of halogens is 1. The fourth-order valence-electron chi connectivity index (χ4n) is 2.13. The Bertz CT molecular complexity index is 590. The van der Waals surface area contributed by atoms with E-state index in [0.717, 1.165) is 6.42 Å². The van der Waals surface area contributed by atoms with Gasteiger partial charge in [0.25, 0.3) is 5.91 Å². The molecule has 0 unspecified atom stereocenters. The van der Waals surface area contributed by atoms with E-state index < -0.39 is 6.04 Å². The van der Waals surface area contributed by atoms with E-state index in [1.807, 2.05) is 20.8 Å². The van der Waals surface area contributed by atoms with Crippen molar-refractivity contribution in [3.8, 4) is 0 Å². The third-order valence-electron chi connectivity index (χ3n) is 3.88. The summed E-state index contributed by atoms with van der Waals surface area (Å²) in [6.07, 6.45) is 1.54. The van der Waals surface area contributed by atoms with Crippen LogP contribution in [-0.4, -0.2) is 36.9 Å². The summed E-state index contributed by atoms with van der Waals surface area (Å²) in [6, 6.07) is 5.72. The highest BCUT2D eigenvalue weighted by molar-refractivity contribution is 6.30. The monoisotopic (exact) mass is 367 g/mol. The summed E-state index contributed by atoms with van der Waals surface area (Å²) in [5, 5.41) is 8.55. The molecule has 0 radical (unpaired) electrons. The van der Waals surface area contributed by atoms with E-state index in [1.165, 1.54) is 0 Å². The summed E-state index contributed by atoms with van der Waals surface area (Å²) in [5.74, 6) is -1.05. The first kappa shape index (κ1) is 21.0. The first-order chi connectivity index (χ1) is 11.9. The van der Waals surface area contributed by atoms with E-state index in [9.17, 15) is 14.4 Å². The molecule has 6 nitrogen and oxygen atoms in total. The Balaban J connectivity index is 2.69. The molecule has 1 aromatic carbocycles. The Morgan fingerprint density at radius 2 is 1.72 bits per heavy atom. The predicted octanol–water partition coefficient (Wildman–Crippen LogP) is 2.13. The van der Waals surface area contributed by atoms with Gasteiger partial charge in [0.05, 0.1) is 6.54 Å². The number of amides is 3. The molecule has 2 atom stereocenters.